The second-order valence-electron chi connectivity index (χ2n) is 6.86. The molecular formula is C24H19FN4O. The maximum atomic E-state index is 13.4. The number of pyridine rings is 3. The number of carbonyl (C=O) groups excluding carboxylic acids is 1. The largest absolute Gasteiger partial charge is 0.348 e. The van der Waals surface area contributed by atoms with Crippen molar-refractivity contribution in [1.82, 2.24) is 20.3 Å². The molecule has 0 saturated heterocycles. The molecule has 0 radical (unpaired) electrons. The van der Waals surface area contributed by atoms with E-state index in [4.69, 9.17) is 0 Å². The Morgan fingerprint density at radius 3 is 2.33 bits per heavy atom. The molecule has 4 rings (SSSR count). The van der Waals surface area contributed by atoms with Crippen molar-refractivity contribution in [3.05, 3.63) is 102 Å². The molecule has 5 nitrogen and oxygen atoms in total. The highest BCUT2D eigenvalue weighted by Gasteiger charge is 2.08. The fourth-order valence-corrected chi connectivity index (χ4v) is 3.04. The molecule has 0 aliphatic rings. The lowest BCUT2D eigenvalue weighted by Crippen LogP contribution is -2.23. The summed E-state index contributed by atoms with van der Waals surface area (Å²) in [6.45, 7) is 2.29. The fraction of sp³-hybridized carbons (Fsp3) is 0.0833. The van der Waals surface area contributed by atoms with Gasteiger partial charge in [0.1, 0.15) is 5.82 Å². The van der Waals surface area contributed by atoms with Crippen molar-refractivity contribution >= 4 is 5.91 Å². The van der Waals surface area contributed by atoms with E-state index in [1.807, 2.05) is 31.2 Å². The Balaban J connectivity index is 1.38. The van der Waals surface area contributed by atoms with Crippen LogP contribution in [0.3, 0.4) is 0 Å². The van der Waals surface area contributed by atoms with Gasteiger partial charge < -0.3 is 5.32 Å². The number of halogens is 1. The van der Waals surface area contributed by atoms with E-state index in [0.717, 1.165) is 22.5 Å². The molecule has 148 valence electrons. The number of hydrogen-bond donors (Lipinski definition) is 1. The third-order valence-electron chi connectivity index (χ3n) is 4.62. The number of aryl methyl sites for hydroxylation is 1. The van der Waals surface area contributed by atoms with Gasteiger partial charge in [0.15, 0.2) is 0 Å². The maximum absolute atomic E-state index is 13.4. The average molecular weight is 398 g/mol. The first-order valence-electron chi connectivity index (χ1n) is 9.47. The van der Waals surface area contributed by atoms with Crippen LogP contribution in [0.1, 0.15) is 21.6 Å². The van der Waals surface area contributed by atoms with Crippen LogP contribution >= 0.6 is 0 Å². The molecule has 0 fully saturated rings. The van der Waals surface area contributed by atoms with Crippen LogP contribution in [0, 0.1) is 12.7 Å². The maximum Gasteiger partial charge on any atom is 0.253 e. The summed E-state index contributed by atoms with van der Waals surface area (Å²) >= 11 is 0. The molecule has 0 atom stereocenters. The Labute approximate surface area is 173 Å². The molecule has 6 heteroatoms. The predicted molar refractivity (Wildman–Crippen MR) is 113 cm³/mol. The molecule has 4 aromatic rings. The zero-order valence-electron chi connectivity index (χ0n) is 16.3. The Morgan fingerprint density at radius 2 is 1.67 bits per heavy atom. The van der Waals surface area contributed by atoms with Crippen molar-refractivity contribution in [2.24, 2.45) is 0 Å². The fourth-order valence-electron chi connectivity index (χ4n) is 3.04. The van der Waals surface area contributed by atoms with Crippen LogP contribution in [0.2, 0.25) is 0 Å². The quantitative estimate of drug-likeness (QED) is 0.534. The summed E-state index contributed by atoms with van der Waals surface area (Å²) < 4.78 is 13.4. The first kappa shape index (κ1) is 19.4. The highest BCUT2D eigenvalue weighted by Crippen LogP contribution is 2.19. The molecule has 0 spiro atoms. The summed E-state index contributed by atoms with van der Waals surface area (Å²) in [4.78, 5) is 25.3. The molecule has 0 aliphatic heterocycles. The number of hydrogen-bond acceptors (Lipinski definition) is 4. The monoisotopic (exact) mass is 398 g/mol. The van der Waals surface area contributed by atoms with Gasteiger partial charge in [-0.3, -0.25) is 19.7 Å². The predicted octanol–water partition coefficient (Wildman–Crippen LogP) is 4.58. The first-order chi connectivity index (χ1) is 14.6. The molecule has 1 aromatic carbocycles. The molecular weight excluding hydrogens is 379 g/mol. The van der Waals surface area contributed by atoms with Crippen LogP contribution in [-0.4, -0.2) is 20.9 Å². The van der Waals surface area contributed by atoms with Crippen LogP contribution in [0.5, 0.6) is 0 Å². The van der Waals surface area contributed by atoms with Gasteiger partial charge in [0, 0.05) is 42.0 Å². The number of rotatable bonds is 5. The van der Waals surface area contributed by atoms with E-state index in [2.05, 4.69) is 20.3 Å². The van der Waals surface area contributed by atoms with Crippen LogP contribution in [0.4, 0.5) is 4.39 Å². The van der Waals surface area contributed by atoms with E-state index in [1.54, 1.807) is 36.7 Å². The minimum absolute atomic E-state index is 0.234. The minimum Gasteiger partial charge on any atom is -0.348 e. The van der Waals surface area contributed by atoms with Crippen LogP contribution < -0.4 is 5.32 Å². The van der Waals surface area contributed by atoms with E-state index in [9.17, 15) is 9.18 Å². The first-order valence-corrected chi connectivity index (χ1v) is 9.47. The lowest BCUT2D eigenvalue weighted by atomic mass is 10.1. The highest BCUT2D eigenvalue weighted by atomic mass is 19.1. The number of aromatic nitrogens is 3. The molecule has 1 N–H and O–H groups in total. The van der Waals surface area contributed by atoms with E-state index in [-0.39, 0.29) is 11.7 Å². The molecule has 0 unspecified atom stereocenters. The van der Waals surface area contributed by atoms with Gasteiger partial charge in [0.05, 0.1) is 17.0 Å². The van der Waals surface area contributed by atoms with Gasteiger partial charge in [0.2, 0.25) is 0 Å². The number of amides is 1. The van der Waals surface area contributed by atoms with E-state index >= 15 is 0 Å². The number of benzene rings is 1. The Kier molecular flexibility index (Phi) is 5.57. The van der Waals surface area contributed by atoms with Crippen molar-refractivity contribution in [3.63, 3.8) is 0 Å². The molecule has 0 saturated carbocycles. The van der Waals surface area contributed by atoms with Crippen molar-refractivity contribution in [3.8, 4) is 22.5 Å². The molecule has 0 bridgehead atoms. The normalized spacial score (nSPS) is 10.6. The van der Waals surface area contributed by atoms with Gasteiger partial charge in [-0.15, -0.1) is 0 Å². The van der Waals surface area contributed by atoms with E-state index < -0.39 is 0 Å². The number of nitrogens with one attached hydrogen (secondary N) is 1. The van der Waals surface area contributed by atoms with Crippen molar-refractivity contribution in [2.75, 3.05) is 0 Å². The van der Waals surface area contributed by atoms with Crippen LogP contribution in [0.15, 0.2) is 79.3 Å². The summed E-state index contributed by atoms with van der Waals surface area (Å²) in [5.41, 5.74) is 5.39. The molecule has 0 aliphatic carbocycles. The van der Waals surface area contributed by atoms with Gasteiger partial charge >= 0.3 is 0 Å². The van der Waals surface area contributed by atoms with Crippen molar-refractivity contribution in [2.45, 2.75) is 13.5 Å². The van der Waals surface area contributed by atoms with Gasteiger partial charge in [-0.2, -0.15) is 0 Å². The van der Waals surface area contributed by atoms with Crippen molar-refractivity contribution < 1.29 is 9.18 Å². The lowest BCUT2D eigenvalue weighted by Gasteiger charge is -2.07. The van der Waals surface area contributed by atoms with Gasteiger partial charge in [-0.05, 0) is 55.0 Å². The Bertz CT molecular complexity index is 1170. The second kappa shape index (κ2) is 8.61. The van der Waals surface area contributed by atoms with E-state index in [0.29, 0.717) is 23.4 Å². The zero-order chi connectivity index (χ0) is 20.9. The van der Waals surface area contributed by atoms with Gasteiger partial charge in [0.25, 0.3) is 5.91 Å². The molecule has 1 amide bonds. The number of carbonyl (C=O) groups is 1. The van der Waals surface area contributed by atoms with Gasteiger partial charge in [-0.1, -0.05) is 18.2 Å². The second-order valence-corrected chi connectivity index (χ2v) is 6.86. The average Bonchev–Trinajstić information content (AvgIpc) is 2.78. The minimum atomic E-state index is -0.324. The third-order valence-corrected chi connectivity index (χ3v) is 4.62. The van der Waals surface area contributed by atoms with Gasteiger partial charge in [-0.25, -0.2) is 4.39 Å². The van der Waals surface area contributed by atoms with Crippen molar-refractivity contribution in [1.29, 1.82) is 0 Å². The summed E-state index contributed by atoms with van der Waals surface area (Å²) in [7, 11) is 0. The smallest absolute Gasteiger partial charge is 0.253 e. The zero-order valence-corrected chi connectivity index (χ0v) is 16.3. The molecule has 3 aromatic heterocycles. The standard InChI is InChI=1S/C24H19FN4O/c1-16-11-19(9-10-26-16)22-7-5-17(13-27-22)14-29-24(30)20-6-8-23(28-15-20)18-3-2-4-21(25)12-18/h2-13,15H,14H2,1H3,(H,29,30). The topological polar surface area (TPSA) is 67.8 Å². The molecule has 30 heavy (non-hydrogen) atoms. The van der Waals surface area contributed by atoms with Crippen LogP contribution in [-0.2, 0) is 6.54 Å². The third kappa shape index (κ3) is 4.55. The number of nitrogens with zero attached hydrogens (tertiary/aromatic N) is 3. The lowest BCUT2D eigenvalue weighted by molar-refractivity contribution is 0.0950. The molecule has 3 heterocycles. The summed E-state index contributed by atoms with van der Waals surface area (Å²) in [6, 6.07) is 17.3. The summed E-state index contributed by atoms with van der Waals surface area (Å²) in [6.07, 6.45) is 4.99. The van der Waals surface area contributed by atoms with E-state index in [1.165, 1.54) is 18.3 Å². The SMILES string of the molecule is Cc1cc(-c2ccc(CNC(=O)c3ccc(-c4cccc(F)c4)nc3)cn2)ccn1. The Morgan fingerprint density at radius 1 is 0.900 bits per heavy atom. The van der Waals surface area contributed by atoms with Crippen LogP contribution in [0.25, 0.3) is 22.5 Å². The highest BCUT2D eigenvalue weighted by molar-refractivity contribution is 5.94. The summed E-state index contributed by atoms with van der Waals surface area (Å²) in [5, 5.41) is 2.86. The Hall–Kier alpha value is -3.93. The summed E-state index contributed by atoms with van der Waals surface area (Å²) in [5.74, 6) is -0.558.